The van der Waals surface area contributed by atoms with Crippen LogP contribution in [0.4, 0.5) is 0 Å². The van der Waals surface area contributed by atoms with Gasteiger partial charge in [0, 0.05) is 25.8 Å². The van der Waals surface area contributed by atoms with Gasteiger partial charge in [-0.1, -0.05) is 0 Å². The lowest BCUT2D eigenvalue weighted by molar-refractivity contribution is -0.0960. The molecule has 1 unspecified atom stereocenters. The molecule has 2 aliphatic rings. The molecule has 5 heteroatoms. The summed E-state index contributed by atoms with van der Waals surface area (Å²) in [5.74, 6) is 2.60. The van der Waals surface area contributed by atoms with Crippen molar-refractivity contribution < 1.29 is 9.53 Å². The second kappa shape index (κ2) is 5.29. The summed E-state index contributed by atoms with van der Waals surface area (Å²) in [6.07, 6.45) is 7.40. The van der Waals surface area contributed by atoms with Crippen molar-refractivity contribution in [2.75, 3.05) is 18.1 Å². The molecule has 1 spiro atoms. The van der Waals surface area contributed by atoms with Crippen LogP contribution in [0.25, 0.3) is 0 Å². The van der Waals surface area contributed by atoms with Gasteiger partial charge in [0.25, 0.3) is 0 Å². The van der Waals surface area contributed by atoms with E-state index in [2.05, 4.69) is 4.98 Å². The molecule has 0 bridgehead atoms. The average Bonchev–Trinajstić information content (AvgIpc) is 2.85. The van der Waals surface area contributed by atoms with Crippen LogP contribution in [0.5, 0.6) is 0 Å². The molecule has 19 heavy (non-hydrogen) atoms. The molecule has 3 rings (SSSR count). The Labute approximate surface area is 117 Å². The fraction of sp³-hybridized carbons (Fsp3) is 0.714. The molecule has 0 saturated carbocycles. The lowest BCUT2D eigenvalue weighted by Gasteiger charge is -2.42. The minimum atomic E-state index is -0.0292. The van der Waals surface area contributed by atoms with Crippen molar-refractivity contribution in [3.8, 4) is 0 Å². The standard InChI is InChI=1S/C14H20N2O2S/c1-16-9-12(15-10-16)13(17)11-2-5-18-14(8-11)3-6-19-7-4-14/h9-11H,2-8H2,1H3. The molecule has 0 amide bonds. The van der Waals surface area contributed by atoms with Gasteiger partial charge in [0.1, 0.15) is 5.69 Å². The molecule has 1 aromatic rings. The van der Waals surface area contributed by atoms with Crippen LogP contribution < -0.4 is 0 Å². The summed E-state index contributed by atoms with van der Waals surface area (Å²) in [6.45, 7) is 0.716. The van der Waals surface area contributed by atoms with Crippen LogP contribution in [-0.4, -0.2) is 39.0 Å². The van der Waals surface area contributed by atoms with E-state index in [1.165, 1.54) is 0 Å². The number of carbonyl (C=O) groups excluding carboxylic acids is 1. The number of imidazole rings is 1. The Bertz CT molecular complexity index is 460. The monoisotopic (exact) mass is 280 g/mol. The summed E-state index contributed by atoms with van der Waals surface area (Å²) < 4.78 is 7.87. The number of ketones is 1. The Morgan fingerprint density at radius 2 is 2.32 bits per heavy atom. The van der Waals surface area contributed by atoms with Crippen molar-refractivity contribution in [2.24, 2.45) is 13.0 Å². The summed E-state index contributed by atoms with van der Waals surface area (Å²) in [5.41, 5.74) is 0.577. The van der Waals surface area contributed by atoms with E-state index < -0.39 is 0 Å². The van der Waals surface area contributed by atoms with Gasteiger partial charge in [0.15, 0.2) is 5.78 Å². The second-order valence-electron chi connectivity index (χ2n) is 5.62. The highest BCUT2D eigenvalue weighted by Gasteiger charge is 2.41. The van der Waals surface area contributed by atoms with E-state index in [4.69, 9.17) is 4.74 Å². The van der Waals surface area contributed by atoms with Crippen molar-refractivity contribution in [3.63, 3.8) is 0 Å². The first-order chi connectivity index (χ1) is 9.19. The van der Waals surface area contributed by atoms with Crippen molar-refractivity contribution in [2.45, 2.75) is 31.3 Å². The van der Waals surface area contributed by atoms with Gasteiger partial charge < -0.3 is 9.30 Å². The minimum absolute atomic E-state index is 0.0292. The smallest absolute Gasteiger partial charge is 0.186 e. The highest BCUT2D eigenvalue weighted by molar-refractivity contribution is 7.99. The van der Waals surface area contributed by atoms with Crippen LogP contribution in [0.15, 0.2) is 12.5 Å². The Morgan fingerprint density at radius 1 is 1.53 bits per heavy atom. The molecule has 2 fully saturated rings. The number of aryl methyl sites for hydroxylation is 1. The Balaban J connectivity index is 1.72. The first-order valence-corrected chi connectivity index (χ1v) is 8.08. The van der Waals surface area contributed by atoms with E-state index in [1.807, 2.05) is 29.6 Å². The number of Topliss-reactive ketones (excluding diaryl/α,β-unsaturated/α-hetero) is 1. The number of carbonyl (C=O) groups is 1. The third-order valence-corrected chi connectivity index (χ3v) is 5.21. The maximum atomic E-state index is 12.5. The Morgan fingerprint density at radius 3 is 3.00 bits per heavy atom. The summed E-state index contributed by atoms with van der Waals surface area (Å²) in [4.78, 5) is 16.7. The quantitative estimate of drug-likeness (QED) is 0.780. The molecule has 1 atom stereocenters. The molecule has 0 N–H and O–H groups in total. The first kappa shape index (κ1) is 13.2. The van der Waals surface area contributed by atoms with Gasteiger partial charge in [-0.15, -0.1) is 0 Å². The predicted octanol–water partition coefficient (Wildman–Crippen LogP) is 2.30. The molecule has 4 nitrogen and oxygen atoms in total. The number of rotatable bonds is 2. The highest BCUT2D eigenvalue weighted by atomic mass is 32.2. The molecule has 2 aliphatic heterocycles. The number of aromatic nitrogens is 2. The number of nitrogens with zero attached hydrogens (tertiary/aromatic N) is 2. The zero-order valence-electron chi connectivity index (χ0n) is 11.3. The van der Waals surface area contributed by atoms with Gasteiger partial charge in [-0.2, -0.15) is 11.8 Å². The van der Waals surface area contributed by atoms with E-state index in [9.17, 15) is 4.79 Å². The third kappa shape index (κ3) is 2.72. The summed E-state index contributed by atoms with van der Waals surface area (Å²) in [7, 11) is 1.90. The molecule has 3 heterocycles. The number of ether oxygens (including phenoxy) is 1. The lowest BCUT2D eigenvalue weighted by atomic mass is 9.79. The maximum Gasteiger partial charge on any atom is 0.186 e. The summed E-state index contributed by atoms with van der Waals surface area (Å²) in [5, 5.41) is 0. The zero-order valence-corrected chi connectivity index (χ0v) is 12.1. The summed E-state index contributed by atoms with van der Waals surface area (Å²) in [6, 6.07) is 0. The zero-order chi connectivity index (χ0) is 13.3. The minimum Gasteiger partial charge on any atom is -0.375 e. The van der Waals surface area contributed by atoms with Gasteiger partial charge in [-0.05, 0) is 37.2 Å². The second-order valence-corrected chi connectivity index (χ2v) is 6.85. The fourth-order valence-corrected chi connectivity index (χ4v) is 4.33. The molecule has 104 valence electrons. The number of hydrogen-bond donors (Lipinski definition) is 0. The van der Waals surface area contributed by atoms with Crippen molar-refractivity contribution >= 4 is 17.5 Å². The van der Waals surface area contributed by atoms with Gasteiger partial charge in [-0.3, -0.25) is 4.79 Å². The van der Waals surface area contributed by atoms with Crippen molar-refractivity contribution in [1.29, 1.82) is 0 Å². The van der Waals surface area contributed by atoms with E-state index in [0.29, 0.717) is 12.3 Å². The lowest BCUT2D eigenvalue weighted by Crippen LogP contribution is -2.44. The van der Waals surface area contributed by atoms with Crippen LogP contribution in [0.2, 0.25) is 0 Å². The number of thioether (sulfide) groups is 1. The van der Waals surface area contributed by atoms with Gasteiger partial charge >= 0.3 is 0 Å². The third-order valence-electron chi connectivity index (χ3n) is 4.23. The van der Waals surface area contributed by atoms with Crippen LogP contribution >= 0.6 is 11.8 Å². The number of hydrogen-bond acceptors (Lipinski definition) is 4. The van der Waals surface area contributed by atoms with Crippen molar-refractivity contribution in [3.05, 3.63) is 18.2 Å². The Kier molecular flexibility index (Phi) is 3.67. The summed E-state index contributed by atoms with van der Waals surface area (Å²) >= 11 is 1.99. The van der Waals surface area contributed by atoms with E-state index in [0.717, 1.165) is 37.2 Å². The van der Waals surface area contributed by atoms with Crippen LogP contribution in [-0.2, 0) is 11.8 Å². The molecular weight excluding hydrogens is 260 g/mol. The van der Waals surface area contributed by atoms with E-state index >= 15 is 0 Å². The molecular formula is C14H20N2O2S. The molecule has 2 saturated heterocycles. The van der Waals surface area contributed by atoms with Crippen LogP contribution in [0, 0.1) is 5.92 Å². The normalized spacial score (nSPS) is 26.5. The van der Waals surface area contributed by atoms with E-state index in [-0.39, 0.29) is 17.3 Å². The van der Waals surface area contributed by atoms with Crippen LogP contribution in [0.1, 0.15) is 36.2 Å². The van der Waals surface area contributed by atoms with Gasteiger partial charge in [-0.25, -0.2) is 4.98 Å². The molecule has 1 aromatic heterocycles. The topological polar surface area (TPSA) is 44.1 Å². The highest BCUT2D eigenvalue weighted by Crippen LogP contribution is 2.40. The Hall–Kier alpha value is -0.810. The fourth-order valence-electron chi connectivity index (χ4n) is 3.09. The van der Waals surface area contributed by atoms with Gasteiger partial charge in [0.2, 0.25) is 0 Å². The van der Waals surface area contributed by atoms with Crippen LogP contribution in [0.3, 0.4) is 0 Å². The largest absolute Gasteiger partial charge is 0.375 e. The molecule has 0 aliphatic carbocycles. The van der Waals surface area contributed by atoms with Gasteiger partial charge in [0.05, 0.1) is 11.9 Å². The average molecular weight is 280 g/mol. The molecule has 0 radical (unpaired) electrons. The first-order valence-electron chi connectivity index (χ1n) is 6.92. The predicted molar refractivity (Wildman–Crippen MR) is 75.5 cm³/mol. The maximum absolute atomic E-state index is 12.5. The van der Waals surface area contributed by atoms with Crippen molar-refractivity contribution in [1.82, 2.24) is 9.55 Å². The van der Waals surface area contributed by atoms with E-state index in [1.54, 1.807) is 6.33 Å². The molecule has 0 aromatic carbocycles. The SMILES string of the molecule is Cn1cnc(C(=O)C2CCOC3(CCSCC3)C2)c1.